The molecule has 10 heteroatoms. The Morgan fingerprint density at radius 1 is 1.08 bits per heavy atom. The van der Waals surface area contributed by atoms with Crippen molar-refractivity contribution < 1.29 is 4.79 Å². The lowest BCUT2D eigenvalue weighted by molar-refractivity contribution is -0.130. The van der Waals surface area contributed by atoms with Gasteiger partial charge in [-0.25, -0.2) is 9.97 Å². The summed E-state index contributed by atoms with van der Waals surface area (Å²) in [6.45, 7) is 3.63. The standard InChI is InChI=1S/C26H25N9O/c1-15-19(16-3-5-28-10-16)11-29-12-20(15)22-7-17-8-23(30-13-21(17)26(27)31-22)32-24-9-18-4-6-34(2)25(36)14-35(18)33-24/h3,5,7-9,11-13H,4,6,10,14H2,1-2H3,(H2,27,31)(H,30,32,33). The molecule has 6 rings (SSSR count). The van der Waals surface area contributed by atoms with Crippen LogP contribution in [0.25, 0.3) is 27.6 Å². The second-order valence-corrected chi connectivity index (χ2v) is 9.09. The number of pyridine rings is 3. The fourth-order valence-corrected chi connectivity index (χ4v) is 4.65. The molecule has 2 aliphatic rings. The lowest BCUT2D eigenvalue weighted by Crippen LogP contribution is -2.29. The quantitative estimate of drug-likeness (QED) is 0.461. The maximum absolute atomic E-state index is 12.2. The molecule has 0 spiro atoms. The number of rotatable bonds is 4. The average molecular weight is 480 g/mol. The van der Waals surface area contributed by atoms with Gasteiger partial charge in [0.1, 0.15) is 18.2 Å². The molecule has 4 aromatic rings. The molecule has 3 N–H and O–H groups in total. The van der Waals surface area contributed by atoms with Gasteiger partial charge in [-0.05, 0) is 41.7 Å². The van der Waals surface area contributed by atoms with E-state index in [9.17, 15) is 4.79 Å². The Kier molecular flexibility index (Phi) is 5.21. The monoisotopic (exact) mass is 479 g/mol. The number of hydrogen-bond donors (Lipinski definition) is 2. The van der Waals surface area contributed by atoms with Crippen molar-refractivity contribution in [3.05, 3.63) is 59.7 Å². The lowest BCUT2D eigenvalue weighted by Gasteiger charge is -2.13. The Bertz CT molecular complexity index is 1580. The van der Waals surface area contributed by atoms with Gasteiger partial charge in [-0.2, -0.15) is 5.10 Å². The smallest absolute Gasteiger partial charge is 0.244 e. The number of nitrogen functional groups attached to an aromatic ring is 1. The van der Waals surface area contributed by atoms with Crippen LogP contribution in [0.3, 0.4) is 0 Å². The highest BCUT2D eigenvalue weighted by molar-refractivity contribution is 5.96. The van der Waals surface area contributed by atoms with Crippen LogP contribution < -0.4 is 11.1 Å². The van der Waals surface area contributed by atoms with Crippen molar-refractivity contribution >= 4 is 45.9 Å². The van der Waals surface area contributed by atoms with E-state index in [4.69, 9.17) is 5.73 Å². The highest BCUT2D eigenvalue weighted by Gasteiger charge is 2.20. The highest BCUT2D eigenvalue weighted by atomic mass is 16.2. The number of anilines is 3. The minimum atomic E-state index is 0.0494. The first-order valence-corrected chi connectivity index (χ1v) is 11.7. The zero-order valence-electron chi connectivity index (χ0n) is 20.1. The van der Waals surface area contributed by atoms with Gasteiger partial charge in [0.15, 0.2) is 5.82 Å². The van der Waals surface area contributed by atoms with Gasteiger partial charge < -0.3 is 16.0 Å². The first kappa shape index (κ1) is 21.9. The summed E-state index contributed by atoms with van der Waals surface area (Å²) >= 11 is 0. The van der Waals surface area contributed by atoms with Crippen LogP contribution in [0.2, 0.25) is 0 Å². The molecule has 0 saturated carbocycles. The Labute approximate surface area is 207 Å². The summed E-state index contributed by atoms with van der Waals surface area (Å²) in [5.41, 5.74) is 12.3. The fourth-order valence-electron chi connectivity index (χ4n) is 4.65. The van der Waals surface area contributed by atoms with Gasteiger partial charge in [-0.3, -0.25) is 19.5 Å². The van der Waals surface area contributed by atoms with Crippen LogP contribution in [0.5, 0.6) is 0 Å². The van der Waals surface area contributed by atoms with E-state index in [2.05, 4.69) is 37.3 Å². The first-order chi connectivity index (χ1) is 17.5. The summed E-state index contributed by atoms with van der Waals surface area (Å²) < 4.78 is 1.75. The molecule has 0 fully saturated rings. The molecular formula is C26H25N9O. The predicted molar refractivity (Wildman–Crippen MR) is 140 cm³/mol. The number of amides is 1. The van der Waals surface area contributed by atoms with Gasteiger partial charge in [-0.1, -0.05) is 0 Å². The molecule has 0 radical (unpaired) electrons. The van der Waals surface area contributed by atoms with Crippen molar-refractivity contribution in [2.24, 2.45) is 4.99 Å². The van der Waals surface area contributed by atoms with E-state index in [0.717, 1.165) is 50.8 Å². The third-order valence-electron chi connectivity index (χ3n) is 6.76. The number of allylic oxidation sites excluding steroid dienone is 1. The second kappa shape index (κ2) is 8.56. The van der Waals surface area contributed by atoms with Crippen LogP contribution in [0.1, 0.15) is 16.8 Å². The largest absolute Gasteiger partial charge is 0.383 e. The Hall–Kier alpha value is -4.60. The second-order valence-electron chi connectivity index (χ2n) is 9.09. The zero-order valence-corrected chi connectivity index (χ0v) is 20.1. The summed E-state index contributed by atoms with van der Waals surface area (Å²) in [6, 6.07) is 5.90. The first-order valence-electron chi connectivity index (χ1n) is 11.7. The summed E-state index contributed by atoms with van der Waals surface area (Å²) in [5.74, 6) is 1.74. The van der Waals surface area contributed by atoms with Crippen molar-refractivity contribution in [3.63, 3.8) is 0 Å². The number of nitrogens with two attached hydrogens (primary N) is 1. The SMILES string of the molecule is Cc1c(C2=CC=NC2)cncc1-c1cc2cc(Nc3cc4n(n3)CC(=O)N(C)CC4)ncc2c(N)n1. The maximum Gasteiger partial charge on any atom is 0.244 e. The van der Waals surface area contributed by atoms with Gasteiger partial charge >= 0.3 is 0 Å². The van der Waals surface area contributed by atoms with Crippen LogP contribution in [-0.4, -0.2) is 61.9 Å². The lowest BCUT2D eigenvalue weighted by atomic mass is 9.97. The number of fused-ring (bicyclic) bond motifs is 2. The van der Waals surface area contributed by atoms with E-state index in [1.807, 2.05) is 49.9 Å². The van der Waals surface area contributed by atoms with Crippen molar-refractivity contribution in [1.29, 1.82) is 0 Å². The normalized spacial score (nSPS) is 15.2. The predicted octanol–water partition coefficient (Wildman–Crippen LogP) is 3.00. The number of likely N-dealkylation sites (N-methyl/N-ethyl adjacent to an activating group) is 1. The number of nitrogens with one attached hydrogen (secondary N) is 1. The van der Waals surface area contributed by atoms with Crippen molar-refractivity contribution in [2.75, 3.05) is 31.2 Å². The third kappa shape index (κ3) is 3.86. The van der Waals surface area contributed by atoms with Crippen molar-refractivity contribution in [1.82, 2.24) is 29.6 Å². The van der Waals surface area contributed by atoms with E-state index in [1.165, 1.54) is 0 Å². The number of carbonyl (C=O) groups excluding carboxylic acids is 1. The number of carbonyl (C=O) groups is 1. The van der Waals surface area contributed by atoms with Gasteiger partial charge in [0.05, 0.1) is 12.2 Å². The van der Waals surface area contributed by atoms with Crippen LogP contribution >= 0.6 is 0 Å². The number of nitrogens with zero attached hydrogens (tertiary/aromatic N) is 7. The van der Waals surface area contributed by atoms with Gasteiger partial charge in [-0.15, -0.1) is 0 Å². The van der Waals surface area contributed by atoms with Crippen LogP contribution in [0.4, 0.5) is 17.5 Å². The molecule has 6 heterocycles. The zero-order chi connectivity index (χ0) is 24.8. The van der Waals surface area contributed by atoms with E-state index in [1.54, 1.807) is 15.8 Å². The van der Waals surface area contributed by atoms with Crippen LogP contribution in [0, 0.1) is 6.92 Å². The summed E-state index contributed by atoms with van der Waals surface area (Å²) in [7, 11) is 1.82. The summed E-state index contributed by atoms with van der Waals surface area (Å²) in [6.07, 6.45) is 10.00. The third-order valence-corrected chi connectivity index (χ3v) is 6.76. The molecule has 0 bridgehead atoms. The van der Waals surface area contributed by atoms with E-state index >= 15 is 0 Å². The molecule has 36 heavy (non-hydrogen) atoms. The van der Waals surface area contributed by atoms with E-state index < -0.39 is 0 Å². The topological polar surface area (TPSA) is 127 Å². The van der Waals surface area contributed by atoms with Crippen molar-refractivity contribution in [2.45, 2.75) is 19.9 Å². The van der Waals surface area contributed by atoms with E-state index in [-0.39, 0.29) is 12.5 Å². The number of aliphatic imine (C=N–C) groups is 1. The number of hydrogen-bond acceptors (Lipinski definition) is 8. The molecule has 0 unspecified atom stereocenters. The summed E-state index contributed by atoms with van der Waals surface area (Å²) in [4.78, 5) is 31.8. The molecular weight excluding hydrogens is 454 g/mol. The molecule has 0 aromatic carbocycles. The Morgan fingerprint density at radius 3 is 2.78 bits per heavy atom. The molecule has 2 aliphatic heterocycles. The Morgan fingerprint density at radius 2 is 1.94 bits per heavy atom. The van der Waals surface area contributed by atoms with Gasteiger partial charge in [0, 0.05) is 73.1 Å². The molecule has 0 atom stereocenters. The minimum Gasteiger partial charge on any atom is -0.383 e. The maximum atomic E-state index is 12.2. The molecule has 180 valence electrons. The minimum absolute atomic E-state index is 0.0494. The van der Waals surface area contributed by atoms with Crippen LogP contribution in [0.15, 0.2) is 47.9 Å². The molecule has 10 nitrogen and oxygen atoms in total. The van der Waals surface area contributed by atoms with Crippen molar-refractivity contribution in [3.8, 4) is 11.3 Å². The summed E-state index contributed by atoms with van der Waals surface area (Å²) in [5, 5.41) is 9.52. The fraction of sp³-hybridized carbons (Fsp3) is 0.231. The van der Waals surface area contributed by atoms with Gasteiger partial charge in [0.2, 0.25) is 5.91 Å². The van der Waals surface area contributed by atoms with E-state index in [0.29, 0.717) is 30.5 Å². The number of aromatic nitrogens is 5. The Balaban J connectivity index is 1.33. The van der Waals surface area contributed by atoms with Crippen LogP contribution in [-0.2, 0) is 17.8 Å². The van der Waals surface area contributed by atoms with Gasteiger partial charge in [0.25, 0.3) is 0 Å². The molecule has 0 saturated heterocycles. The molecule has 1 amide bonds. The molecule has 0 aliphatic carbocycles. The molecule has 4 aromatic heterocycles. The highest BCUT2D eigenvalue weighted by Crippen LogP contribution is 2.32. The average Bonchev–Trinajstić information content (AvgIpc) is 3.50.